The Hall–Kier alpha value is -0.870. The van der Waals surface area contributed by atoms with Crippen LogP contribution in [0.1, 0.15) is 0 Å². The Morgan fingerprint density at radius 3 is 3.00 bits per heavy atom. The number of aromatic nitrogens is 2. The Balaban J connectivity index is 2.23. The van der Waals surface area contributed by atoms with E-state index >= 15 is 0 Å². The lowest BCUT2D eigenvalue weighted by Gasteiger charge is -2.12. The number of hydrogen-bond donors (Lipinski definition) is 0. The number of hydrogen-bond acceptors (Lipinski definition) is 3. The minimum atomic E-state index is 0.868. The first-order valence-corrected chi connectivity index (χ1v) is 3.54. The van der Waals surface area contributed by atoms with Crippen molar-refractivity contribution in [1.29, 1.82) is 0 Å². The van der Waals surface area contributed by atoms with Gasteiger partial charge in [-0.3, -0.25) is 0 Å². The average Bonchev–Trinajstić information content (AvgIpc) is 2.52. The van der Waals surface area contributed by atoms with Gasteiger partial charge in [0.05, 0.1) is 13.4 Å². The van der Waals surface area contributed by atoms with E-state index < -0.39 is 0 Å². The summed E-state index contributed by atoms with van der Waals surface area (Å²) in [6, 6.07) is 0. The van der Waals surface area contributed by atoms with Gasteiger partial charge in [0.2, 0.25) is 0 Å². The lowest BCUT2D eigenvalue weighted by Crippen LogP contribution is -2.21. The highest BCUT2D eigenvalue weighted by Crippen LogP contribution is 1.88. The van der Waals surface area contributed by atoms with E-state index in [1.807, 2.05) is 17.8 Å². The van der Waals surface area contributed by atoms with Crippen LogP contribution >= 0.6 is 0 Å². The average molecular weight is 155 g/mol. The van der Waals surface area contributed by atoms with Crippen LogP contribution in [0.5, 0.6) is 0 Å². The van der Waals surface area contributed by atoms with Gasteiger partial charge in [0.25, 0.3) is 0 Å². The predicted octanol–water partition coefficient (Wildman–Crippen LogP) is 0.376. The molecule has 0 aliphatic carbocycles. The molecule has 0 N–H and O–H groups in total. The number of rotatable bonds is 4. The molecule has 0 bridgehead atoms. The maximum Gasteiger partial charge on any atom is 0.0946 e. The van der Waals surface area contributed by atoms with Gasteiger partial charge in [-0.1, -0.05) is 0 Å². The van der Waals surface area contributed by atoms with Crippen molar-refractivity contribution in [2.24, 2.45) is 0 Å². The molecule has 0 amide bonds. The zero-order chi connectivity index (χ0) is 8.10. The first-order chi connectivity index (χ1) is 5.33. The van der Waals surface area contributed by atoms with Crippen LogP contribution in [0, 0.1) is 0 Å². The molecule has 62 valence electrons. The van der Waals surface area contributed by atoms with Gasteiger partial charge in [-0.15, -0.1) is 0 Å². The van der Waals surface area contributed by atoms with Crippen LogP contribution in [-0.4, -0.2) is 35.3 Å². The lowest BCUT2D eigenvalue weighted by molar-refractivity contribution is -0.110. The molecule has 11 heavy (non-hydrogen) atoms. The van der Waals surface area contributed by atoms with E-state index in [0.717, 1.165) is 13.1 Å². The van der Waals surface area contributed by atoms with Crippen molar-refractivity contribution in [3.8, 4) is 0 Å². The van der Waals surface area contributed by atoms with Crippen molar-refractivity contribution in [3.63, 3.8) is 0 Å². The molecule has 1 aromatic heterocycles. The van der Waals surface area contributed by atoms with E-state index in [4.69, 9.17) is 4.84 Å². The summed E-state index contributed by atoms with van der Waals surface area (Å²) < 4.78 is 2.01. The monoisotopic (exact) mass is 155 g/mol. The zero-order valence-corrected chi connectivity index (χ0v) is 6.90. The van der Waals surface area contributed by atoms with Gasteiger partial charge in [-0.2, -0.15) is 5.06 Å². The normalized spacial score (nSPS) is 10.8. The third-order valence-corrected chi connectivity index (χ3v) is 1.54. The standard InChI is InChI=1S/C7H13N3O/c1-9(11-2)5-6-10-4-3-8-7-10/h3-4,7H,5-6H2,1-2H3. The smallest absolute Gasteiger partial charge is 0.0946 e. The molecule has 0 saturated carbocycles. The van der Waals surface area contributed by atoms with Gasteiger partial charge in [0.1, 0.15) is 0 Å². The van der Waals surface area contributed by atoms with Crippen LogP contribution in [0.2, 0.25) is 0 Å². The second kappa shape index (κ2) is 4.10. The van der Waals surface area contributed by atoms with Crippen LogP contribution in [0.25, 0.3) is 0 Å². The zero-order valence-electron chi connectivity index (χ0n) is 6.90. The molecule has 1 heterocycles. The Bertz CT molecular complexity index is 186. The van der Waals surface area contributed by atoms with Gasteiger partial charge in [0, 0.05) is 32.5 Å². The SMILES string of the molecule is CON(C)CCn1ccnc1. The fourth-order valence-corrected chi connectivity index (χ4v) is 0.767. The Kier molecular flexibility index (Phi) is 3.07. The van der Waals surface area contributed by atoms with Crippen molar-refractivity contribution in [3.05, 3.63) is 18.7 Å². The summed E-state index contributed by atoms with van der Waals surface area (Å²) in [5, 5.41) is 1.78. The van der Waals surface area contributed by atoms with Gasteiger partial charge in [0.15, 0.2) is 0 Å². The second-order valence-corrected chi connectivity index (χ2v) is 2.33. The van der Waals surface area contributed by atoms with Crippen molar-refractivity contribution < 1.29 is 4.84 Å². The number of nitrogens with zero attached hydrogens (tertiary/aromatic N) is 3. The molecular weight excluding hydrogens is 142 g/mol. The number of imidazole rings is 1. The van der Waals surface area contributed by atoms with E-state index in [9.17, 15) is 0 Å². The summed E-state index contributed by atoms with van der Waals surface area (Å²) in [6.07, 6.45) is 5.50. The van der Waals surface area contributed by atoms with Gasteiger partial charge in [-0.25, -0.2) is 4.98 Å². The highest BCUT2D eigenvalue weighted by molar-refractivity contribution is 4.73. The fourth-order valence-electron chi connectivity index (χ4n) is 0.767. The minimum absolute atomic E-state index is 0.868. The molecule has 0 radical (unpaired) electrons. The molecular formula is C7H13N3O. The van der Waals surface area contributed by atoms with Crippen LogP contribution in [0.3, 0.4) is 0 Å². The molecule has 0 saturated heterocycles. The molecule has 0 unspecified atom stereocenters. The fraction of sp³-hybridized carbons (Fsp3) is 0.571. The Morgan fingerprint density at radius 1 is 1.64 bits per heavy atom. The largest absolute Gasteiger partial charge is 0.336 e. The van der Waals surface area contributed by atoms with E-state index in [0.29, 0.717) is 0 Å². The van der Waals surface area contributed by atoms with E-state index in [1.54, 1.807) is 24.7 Å². The highest BCUT2D eigenvalue weighted by Gasteiger charge is 1.94. The van der Waals surface area contributed by atoms with Crippen molar-refractivity contribution in [2.45, 2.75) is 6.54 Å². The second-order valence-electron chi connectivity index (χ2n) is 2.33. The first-order valence-electron chi connectivity index (χ1n) is 3.54. The molecule has 0 spiro atoms. The maximum atomic E-state index is 4.95. The van der Waals surface area contributed by atoms with Crippen LogP contribution in [-0.2, 0) is 11.4 Å². The van der Waals surface area contributed by atoms with E-state index in [-0.39, 0.29) is 0 Å². The number of hydroxylamine groups is 2. The predicted molar refractivity (Wildman–Crippen MR) is 41.9 cm³/mol. The van der Waals surface area contributed by atoms with Crippen LogP contribution < -0.4 is 0 Å². The van der Waals surface area contributed by atoms with Crippen molar-refractivity contribution in [1.82, 2.24) is 14.6 Å². The van der Waals surface area contributed by atoms with Crippen LogP contribution in [0.15, 0.2) is 18.7 Å². The van der Waals surface area contributed by atoms with E-state index in [1.165, 1.54) is 0 Å². The summed E-state index contributed by atoms with van der Waals surface area (Å²) in [4.78, 5) is 8.88. The molecule has 0 fully saturated rings. The molecule has 4 heteroatoms. The Labute approximate surface area is 66.4 Å². The quantitative estimate of drug-likeness (QED) is 0.589. The summed E-state index contributed by atoms with van der Waals surface area (Å²) in [6.45, 7) is 1.78. The molecule has 0 aliphatic rings. The van der Waals surface area contributed by atoms with Crippen LogP contribution in [0.4, 0.5) is 0 Å². The molecule has 1 rings (SSSR count). The van der Waals surface area contributed by atoms with Crippen molar-refractivity contribution >= 4 is 0 Å². The molecule has 1 aromatic rings. The maximum absolute atomic E-state index is 4.95. The molecule has 0 aromatic carbocycles. The number of likely N-dealkylation sites (N-methyl/N-ethyl adjacent to an activating group) is 1. The van der Waals surface area contributed by atoms with Gasteiger partial charge in [-0.05, 0) is 0 Å². The molecule has 4 nitrogen and oxygen atoms in total. The summed E-state index contributed by atoms with van der Waals surface area (Å²) >= 11 is 0. The topological polar surface area (TPSA) is 30.3 Å². The minimum Gasteiger partial charge on any atom is -0.336 e. The van der Waals surface area contributed by atoms with E-state index in [2.05, 4.69) is 4.98 Å². The summed E-state index contributed by atoms with van der Waals surface area (Å²) in [5.41, 5.74) is 0. The van der Waals surface area contributed by atoms with Gasteiger partial charge < -0.3 is 9.40 Å². The summed E-state index contributed by atoms with van der Waals surface area (Å²) in [5.74, 6) is 0. The highest BCUT2D eigenvalue weighted by atomic mass is 16.7. The lowest BCUT2D eigenvalue weighted by atomic mass is 10.6. The summed E-state index contributed by atoms with van der Waals surface area (Å²) in [7, 11) is 3.56. The molecule has 0 atom stereocenters. The third kappa shape index (κ3) is 2.69. The van der Waals surface area contributed by atoms with Crippen molar-refractivity contribution in [2.75, 3.05) is 20.7 Å². The third-order valence-electron chi connectivity index (χ3n) is 1.54. The first kappa shape index (κ1) is 8.23. The van der Waals surface area contributed by atoms with Gasteiger partial charge >= 0.3 is 0 Å². The Morgan fingerprint density at radius 2 is 2.45 bits per heavy atom. The molecule has 0 aliphatic heterocycles.